The molecule has 0 aliphatic heterocycles. The van der Waals surface area contributed by atoms with Crippen molar-refractivity contribution in [3.63, 3.8) is 0 Å². The first-order valence-corrected chi connectivity index (χ1v) is 22.9. The molecule has 0 bridgehead atoms. The van der Waals surface area contributed by atoms with E-state index in [-0.39, 0.29) is 0 Å². The molecule has 4 nitrogen and oxygen atoms in total. The summed E-state index contributed by atoms with van der Waals surface area (Å²) in [5.41, 5.74) is 12.0. The highest BCUT2D eigenvalue weighted by Gasteiger charge is 2.21. The maximum absolute atomic E-state index is 5.45. The molecule has 0 unspecified atom stereocenters. The number of thiophene rings is 1. The fourth-order valence-corrected chi connectivity index (χ4v) is 11.6. The van der Waals surface area contributed by atoms with Crippen LogP contribution in [-0.2, 0) is 0 Å². The zero-order valence-electron chi connectivity index (χ0n) is 35.0. The second-order valence-corrected chi connectivity index (χ2v) is 18.0. The number of hydrogen-bond acceptors (Lipinski definition) is 3. The van der Waals surface area contributed by atoms with E-state index in [2.05, 4.69) is 228 Å². The van der Waals surface area contributed by atoms with Gasteiger partial charge in [0.25, 0.3) is 0 Å². The molecule has 0 radical (unpaired) electrons. The fraction of sp³-hybridized carbons (Fsp3) is 0. The highest BCUT2D eigenvalue weighted by Crippen LogP contribution is 2.43. The van der Waals surface area contributed by atoms with E-state index in [9.17, 15) is 0 Å². The first kappa shape index (κ1) is 36.1. The first-order chi connectivity index (χ1) is 32.2. The lowest BCUT2D eigenvalue weighted by Gasteiger charge is -2.14. The number of fused-ring (bicyclic) bond motifs is 11. The summed E-state index contributed by atoms with van der Waals surface area (Å²) in [6, 6.07) is 79.0. The van der Waals surface area contributed by atoms with Gasteiger partial charge in [-0.15, -0.1) is 11.3 Å². The summed E-state index contributed by atoms with van der Waals surface area (Å²) in [6.07, 6.45) is 0. The molecule has 0 aliphatic carbocycles. The molecule has 0 fully saturated rings. The molecule has 4 heterocycles. The van der Waals surface area contributed by atoms with Crippen molar-refractivity contribution in [1.29, 1.82) is 0 Å². The van der Waals surface area contributed by atoms with Crippen molar-refractivity contribution in [3.8, 4) is 45.3 Å². The SMILES string of the molecule is c1ccc2c(-c3cc(-c4cccc5ccccc45)nc(-n4c5ccccc5c5cc(-c6ccc7c(c6)c6ccccc6n7-c6cccc7c6sc6ccccc67)ccc54)n3)cccc2c1. The lowest BCUT2D eigenvalue weighted by molar-refractivity contribution is 0.997. The Labute approximate surface area is 377 Å². The molecule has 0 saturated heterocycles. The Morgan fingerprint density at radius 1 is 0.323 bits per heavy atom. The van der Waals surface area contributed by atoms with Gasteiger partial charge in [0.15, 0.2) is 0 Å². The molecule has 0 amide bonds. The molecule has 302 valence electrons. The summed E-state index contributed by atoms with van der Waals surface area (Å²) in [5, 5.41) is 12.1. The minimum atomic E-state index is 0.639. The van der Waals surface area contributed by atoms with Gasteiger partial charge in [0.2, 0.25) is 5.95 Å². The molecule has 0 aliphatic rings. The Bertz CT molecular complexity index is 4160. The molecule has 5 heteroatoms. The van der Waals surface area contributed by atoms with Gasteiger partial charge in [-0.3, -0.25) is 4.57 Å². The Morgan fingerprint density at radius 2 is 0.785 bits per heavy atom. The van der Waals surface area contributed by atoms with Crippen molar-refractivity contribution in [2.24, 2.45) is 0 Å². The molecular weight excluding hydrogens is 809 g/mol. The smallest absolute Gasteiger partial charge is 0.235 e. The van der Waals surface area contributed by atoms with Gasteiger partial charge in [-0.1, -0.05) is 164 Å². The monoisotopic (exact) mass is 844 g/mol. The standard InChI is InChI=1S/C60H36N4S/c1-3-18-41-37(14-1)16-11-23-43(41)51-36-52(44-24-12-17-38-15-2-4-19-42(38)44)62-60(61-51)64-54-27-9-6-21-46(54)50-35-40(31-33-56(50)64)39-30-32-55-49(34-39)45-20-5-8-26-53(45)63(55)57-28-13-25-48-47-22-7-10-29-58(47)65-59(48)57/h1-36H. The molecule has 4 aromatic heterocycles. The predicted molar refractivity (Wildman–Crippen MR) is 275 cm³/mol. The van der Waals surface area contributed by atoms with Crippen molar-refractivity contribution in [1.82, 2.24) is 19.1 Å². The quantitative estimate of drug-likeness (QED) is 0.173. The van der Waals surface area contributed by atoms with Gasteiger partial charge in [0.05, 0.1) is 43.8 Å². The Hall–Kier alpha value is -8.38. The number of benzene rings is 10. The van der Waals surface area contributed by atoms with E-state index in [4.69, 9.17) is 9.97 Å². The highest BCUT2D eigenvalue weighted by molar-refractivity contribution is 7.26. The minimum Gasteiger partial charge on any atom is -0.308 e. The van der Waals surface area contributed by atoms with Crippen LogP contribution >= 0.6 is 11.3 Å². The van der Waals surface area contributed by atoms with Crippen LogP contribution in [-0.4, -0.2) is 19.1 Å². The molecule has 10 aromatic carbocycles. The van der Waals surface area contributed by atoms with Gasteiger partial charge in [0.1, 0.15) is 0 Å². The lowest BCUT2D eigenvalue weighted by Crippen LogP contribution is -2.04. The van der Waals surface area contributed by atoms with Crippen LogP contribution in [0.15, 0.2) is 218 Å². The van der Waals surface area contributed by atoms with Crippen LogP contribution in [0.5, 0.6) is 0 Å². The summed E-state index contributed by atoms with van der Waals surface area (Å²) in [4.78, 5) is 10.9. The summed E-state index contributed by atoms with van der Waals surface area (Å²) in [7, 11) is 0. The van der Waals surface area contributed by atoms with Crippen molar-refractivity contribution < 1.29 is 0 Å². The summed E-state index contributed by atoms with van der Waals surface area (Å²) in [5.74, 6) is 0.639. The molecule has 0 saturated carbocycles. The van der Waals surface area contributed by atoms with E-state index in [1.807, 2.05) is 11.3 Å². The van der Waals surface area contributed by atoms with Gasteiger partial charge >= 0.3 is 0 Å². The Morgan fingerprint density at radius 3 is 1.42 bits per heavy atom. The topological polar surface area (TPSA) is 35.6 Å². The van der Waals surface area contributed by atoms with Gasteiger partial charge in [0, 0.05) is 48.1 Å². The molecule has 65 heavy (non-hydrogen) atoms. The predicted octanol–water partition coefficient (Wildman–Crippen LogP) is 16.3. The largest absolute Gasteiger partial charge is 0.308 e. The Kier molecular flexibility index (Phi) is 7.82. The lowest BCUT2D eigenvalue weighted by atomic mass is 9.99. The van der Waals surface area contributed by atoms with Crippen molar-refractivity contribution in [2.75, 3.05) is 0 Å². The zero-order valence-corrected chi connectivity index (χ0v) is 35.8. The normalized spacial score (nSPS) is 12.0. The summed E-state index contributed by atoms with van der Waals surface area (Å²) >= 11 is 1.87. The van der Waals surface area contributed by atoms with Crippen LogP contribution in [0.3, 0.4) is 0 Å². The number of rotatable bonds is 5. The van der Waals surface area contributed by atoms with Crippen LogP contribution in [0.2, 0.25) is 0 Å². The molecule has 0 atom stereocenters. The minimum absolute atomic E-state index is 0.639. The third kappa shape index (κ3) is 5.49. The zero-order chi connectivity index (χ0) is 42.6. The van der Waals surface area contributed by atoms with E-state index < -0.39 is 0 Å². The Balaban J connectivity index is 0.965. The number of aromatic nitrogens is 4. The van der Waals surface area contributed by atoms with Gasteiger partial charge in [-0.25, -0.2) is 9.97 Å². The van der Waals surface area contributed by atoms with Crippen LogP contribution < -0.4 is 0 Å². The second kappa shape index (κ2) is 14.1. The van der Waals surface area contributed by atoms with Crippen LogP contribution in [0.4, 0.5) is 0 Å². The molecule has 0 N–H and O–H groups in total. The number of hydrogen-bond donors (Lipinski definition) is 0. The average Bonchev–Trinajstić information content (AvgIpc) is 4.03. The third-order valence-electron chi connectivity index (χ3n) is 13.3. The van der Waals surface area contributed by atoms with Gasteiger partial charge < -0.3 is 4.57 Å². The van der Waals surface area contributed by atoms with Crippen LogP contribution in [0.25, 0.3) is 131 Å². The van der Waals surface area contributed by atoms with Crippen LogP contribution in [0.1, 0.15) is 0 Å². The summed E-state index contributed by atoms with van der Waals surface area (Å²) in [6.45, 7) is 0. The molecule has 14 rings (SSSR count). The maximum Gasteiger partial charge on any atom is 0.235 e. The summed E-state index contributed by atoms with van der Waals surface area (Å²) < 4.78 is 7.33. The molecule has 0 spiro atoms. The maximum atomic E-state index is 5.45. The van der Waals surface area contributed by atoms with Gasteiger partial charge in [-0.05, 0) is 87.3 Å². The highest BCUT2D eigenvalue weighted by atomic mass is 32.1. The van der Waals surface area contributed by atoms with E-state index >= 15 is 0 Å². The van der Waals surface area contributed by atoms with E-state index in [1.54, 1.807) is 0 Å². The van der Waals surface area contributed by atoms with Crippen molar-refractivity contribution >= 4 is 96.7 Å². The number of para-hydroxylation sites is 2. The van der Waals surface area contributed by atoms with E-state index in [1.165, 1.54) is 64.0 Å². The molecular formula is C60H36N4S. The van der Waals surface area contributed by atoms with Gasteiger partial charge in [-0.2, -0.15) is 0 Å². The third-order valence-corrected chi connectivity index (χ3v) is 14.6. The van der Waals surface area contributed by atoms with Crippen molar-refractivity contribution in [3.05, 3.63) is 218 Å². The second-order valence-electron chi connectivity index (χ2n) is 16.9. The van der Waals surface area contributed by atoms with E-state index in [0.717, 1.165) is 60.7 Å². The number of nitrogens with zero attached hydrogens (tertiary/aromatic N) is 4. The fourth-order valence-electron chi connectivity index (χ4n) is 10.4. The first-order valence-electron chi connectivity index (χ1n) is 22.1. The van der Waals surface area contributed by atoms with E-state index in [0.29, 0.717) is 5.95 Å². The van der Waals surface area contributed by atoms with Crippen LogP contribution in [0, 0.1) is 0 Å². The molecule has 14 aromatic rings. The average molecular weight is 845 g/mol. The van der Waals surface area contributed by atoms with Crippen molar-refractivity contribution in [2.45, 2.75) is 0 Å².